The van der Waals surface area contributed by atoms with Crippen LogP contribution in [0.25, 0.3) is 0 Å². The van der Waals surface area contributed by atoms with Crippen molar-refractivity contribution in [3.8, 4) is 11.5 Å². The number of hydrogen-bond donors (Lipinski definition) is 2. The highest BCUT2D eigenvalue weighted by Crippen LogP contribution is 2.40. The fourth-order valence-corrected chi connectivity index (χ4v) is 4.53. The maximum Gasteiger partial charge on any atom is 0.313 e. The van der Waals surface area contributed by atoms with Crippen LogP contribution in [0.3, 0.4) is 0 Å². The molecule has 1 aliphatic heterocycles. The Morgan fingerprint density at radius 1 is 1.00 bits per heavy atom. The van der Waals surface area contributed by atoms with E-state index in [-0.39, 0.29) is 4.75 Å². The van der Waals surface area contributed by atoms with Gasteiger partial charge < -0.3 is 24.8 Å². The summed E-state index contributed by atoms with van der Waals surface area (Å²) in [6.07, 6.45) is 1.59. The van der Waals surface area contributed by atoms with Crippen LogP contribution < -0.4 is 20.1 Å². The Morgan fingerprint density at radius 2 is 1.70 bits per heavy atom. The molecule has 7 nitrogen and oxygen atoms in total. The average Bonchev–Trinajstić information content (AvgIpc) is 2.78. The molecule has 2 aromatic carbocycles. The second-order valence-corrected chi connectivity index (χ2v) is 8.46. The van der Waals surface area contributed by atoms with Gasteiger partial charge in [-0.25, -0.2) is 0 Å². The van der Waals surface area contributed by atoms with Crippen molar-refractivity contribution in [2.75, 3.05) is 39.3 Å². The molecule has 30 heavy (non-hydrogen) atoms. The average molecular weight is 431 g/mol. The quantitative estimate of drug-likeness (QED) is 0.657. The number of methoxy groups -OCH3 is 2. The number of benzene rings is 2. The first-order chi connectivity index (χ1) is 14.5. The normalized spacial score (nSPS) is 15.1. The Hall–Kier alpha value is -2.71. The summed E-state index contributed by atoms with van der Waals surface area (Å²) in [6, 6.07) is 15.0. The van der Waals surface area contributed by atoms with Crippen LogP contribution in [0, 0.1) is 0 Å². The maximum atomic E-state index is 12.4. The number of thioether (sulfide) groups is 1. The molecule has 1 heterocycles. The molecule has 0 radical (unpaired) electrons. The van der Waals surface area contributed by atoms with E-state index in [0.717, 1.165) is 17.7 Å². The Kier molecular flexibility index (Phi) is 7.59. The molecule has 2 N–H and O–H groups in total. The molecule has 2 amide bonds. The van der Waals surface area contributed by atoms with Crippen molar-refractivity contribution in [3.05, 3.63) is 48.5 Å². The number of anilines is 1. The zero-order valence-corrected chi connectivity index (χ0v) is 17.9. The highest BCUT2D eigenvalue weighted by Gasteiger charge is 2.35. The van der Waals surface area contributed by atoms with Crippen LogP contribution in [-0.2, 0) is 14.3 Å². The highest BCUT2D eigenvalue weighted by molar-refractivity contribution is 8.00. The van der Waals surface area contributed by atoms with Gasteiger partial charge in [0.15, 0.2) is 11.5 Å². The van der Waals surface area contributed by atoms with E-state index in [0.29, 0.717) is 36.9 Å². The van der Waals surface area contributed by atoms with Gasteiger partial charge in [0, 0.05) is 41.2 Å². The van der Waals surface area contributed by atoms with Gasteiger partial charge in [-0.15, -0.1) is 11.8 Å². The number of hydrogen-bond acceptors (Lipinski definition) is 6. The number of carbonyl (C=O) groups excluding carboxylic acids is 2. The van der Waals surface area contributed by atoms with Gasteiger partial charge in [0.25, 0.3) is 0 Å². The first-order valence-corrected chi connectivity index (χ1v) is 10.5. The second kappa shape index (κ2) is 10.4. The monoisotopic (exact) mass is 430 g/mol. The molecule has 0 unspecified atom stereocenters. The van der Waals surface area contributed by atoms with Crippen LogP contribution in [0.4, 0.5) is 5.69 Å². The maximum absolute atomic E-state index is 12.4. The van der Waals surface area contributed by atoms with Gasteiger partial charge in [-0.1, -0.05) is 18.2 Å². The van der Waals surface area contributed by atoms with E-state index in [1.165, 1.54) is 14.2 Å². The second-order valence-electron chi connectivity index (χ2n) is 6.92. The van der Waals surface area contributed by atoms with Crippen molar-refractivity contribution in [2.24, 2.45) is 0 Å². The van der Waals surface area contributed by atoms with Gasteiger partial charge in [0.1, 0.15) is 0 Å². The molecular weight excluding hydrogens is 404 g/mol. The van der Waals surface area contributed by atoms with Crippen LogP contribution >= 0.6 is 11.8 Å². The standard InChI is InChI=1S/C22H26N2O5S/c1-27-18-9-8-16(14-19(18)28-2)24-21(26)20(25)23-15-22(10-12-29-13-11-22)30-17-6-4-3-5-7-17/h3-9,14H,10-13,15H2,1-2H3,(H,23,25)(H,24,26). The minimum atomic E-state index is -0.728. The fraction of sp³-hybridized carbons (Fsp3) is 0.364. The lowest BCUT2D eigenvalue weighted by Gasteiger charge is -2.36. The first kappa shape index (κ1) is 22.0. The number of amides is 2. The topological polar surface area (TPSA) is 85.9 Å². The summed E-state index contributed by atoms with van der Waals surface area (Å²) in [4.78, 5) is 25.9. The summed E-state index contributed by atoms with van der Waals surface area (Å²) in [5.41, 5.74) is 0.451. The zero-order chi connectivity index (χ0) is 21.4. The summed E-state index contributed by atoms with van der Waals surface area (Å²) in [5.74, 6) is -0.395. The van der Waals surface area contributed by atoms with Crippen molar-refractivity contribution in [1.82, 2.24) is 5.32 Å². The van der Waals surface area contributed by atoms with Gasteiger partial charge in [0.05, 0.1) is 14.2 Å². The van der Waals surface area contributed by atoms with E-state index in [1.807, 2.05) is 30.3 Å². The molecular formula is C22H26N2O5S. The molecule has 0 bridgehead atoms. The van der Waals surface area contributed by atoms with E-state index in [4.69, 9.17) is 14.2 Å². The van der Waals surface area contributed by atoms with Gasteiger partial charge in [-0.2, -0.15) is 0 Å². The summed E-state index contributed by atoms with van der Waals surface area (Å²) in [5, 5.41) is 5.40. The van der Waals surface area contributed by atoms with E-state index < -0.39 is 11.8 Å². The number of nitrogens with one attached hydrogen (secondary N) is 2. The summed E-state index contributed by atoms with van der Waals surface area (Å²) in [6.45, 7) is 1.65. The van der Waals surface area contributed by atoms with Gasteiger partial charge >= 0.3 is 11.8 Å². The summed E-state index contributed by atoms with van der Waals surface area (Å²) < 4.78 is 15.7. The molecule has 8 heteroatoms. The zero-order valence-electron chi connectivity index (χ0n) is 17.1. The third kappa shape index (κ3) is 5.67. The van der Waals surface area contributed by atoms with E-state index >= 15 is 0 Å². The minimum Gasteiger partial charge on any atom is -0.493 e. The highest BCUT2D eigenvalue weighted by atomic mass is 32.2. The van der Waals surface area contributed by atoms with Crippen LogP contribution in [0.15, 0.2) is 53.4 Å². The van der Waals surface area contributed by atoms with Crippen molar-refractivity contribution < 1.29 is 23.8 Å². The van der Waals surface area contributed by atoms with Crippen LogP contribution in [0.1, 0.15) is 12.8 Å². The smallest absolute Gasteiger partial charge is 0.313 e. The number of ether oxygens (including phenoxy) is 3. The third-order valence-corrected chi connectivity index (χ3v) is 6.39. The van der Waals surface area contributed by atoms with Crippen molar-refractivity contribution in [2.45, 2.75) is 22.5 Å². The summed E-state index contributed by atoms with van der Waals surface area (Å²) in [7, 11) is 3.04. The SMILES string of the molecule is COc1ccc(NC(=O)C(=O)NCC2(Sc3ccccc3)CCOCC2)cc1OC. The van der Waals surface area contributed by atoms with Gasteiger partial charge in [-0.3, -0.25) is 9.59 Å². The number of rotatable bonds is 7. The minimum absolute atomic E-state index is 0.209. The predicted octanol–water partition coefficient (Wildman–Crippen LogP) is 3.10. The van der Waals surface area contributed by atoms with E-state index in [1.54, 1.807) is 30.0 Å². The van der Waals surface area contributed by atoms with Crippen LogP contribution in [0.5, 0.6) is 11.5 Å². The lowest BCUT2D eigenvalue weighted by molar-refractivity contribution is -0.136. The Bertz CT molecular complexity index is 869. The lowest BCUT2D eigenvalue weighted by Crippen LogP contribution is -2.47. The fourth-order valence-electron chi connectivity index (χ4n) is 3.22. The van der Waals surface area contributed by atoms with E-state index in [2.05, 4.69) is 10.6 Å². The molecule has 0 spiro atoms. The van der Waals surface area contributed by atoms with Gasteiger partial charge in [-0.05, 0) is 37.1 Å². The Morgan fingerprint density at radius 3 is 2.37 bits per heavy atom. The molecule has 0 aromatic heterocycles. The molecule has 0 saturated carbocycles. The first-order valence-electron chi connectivity index (χ1n) is 9.68. The molecule has 2 aromatic rings. The molecule has 160 valence electrons. The predicted molar refractivity (Wildman–Crippen MR) is 116 cm³/mol. The van der Waals surface area contributed by atoms with E-state index in [9.17, 15) is 9.59 Å². The Labute approximate surface area is 180 Å². The molecule has 0 atom stereocenters. The molecule has 3 rings (SSSR count). The number of carbonyl (C=O) groups is 2. The van der Waals surface area contributed by atoms with Crippen molar-refractivity contribution in [1.29, 1.82) is 0 Å². The molecule has 1 aliphatic rings. The van der Waals surface area contributed by atoms with Gasteiger partial charge in [0.2, 0.25) is 0 Å². The van der Waals surface area contributed by atoms with Crippen LogP contribution in [-0.4, -0.2) is 50.5 Å². The van der Waals surface area contributed by atoms with Crippen molar-refractivity contribution in [3.63, 3.8) is 0 Å². The van der Waals surface area contributed by atoms with Crippen molar-refractivity contribution >= 4 is 29.3 Å². The largest absolute Gasteiger partial charge is 0.493 e. The lowest BCUT2D eigenvalue weighted by atomic mass is 9.99. The summed E-state index contributed by atoms with van der Waals surface area (Å²) >= 11 is 1.72. The molecule has 1 fully saturated rings. The third-order valence-electron chi connectivity index (χ3n) is 4.90. The molecule has 1 saturated heterocycles. The Balaban J connectivity index is 1.61. The van der Waals surface area contributed by atoms with Crippen LogP contribution in [0.2, 0.25) is 0 Å². The molecule has 0 aliphatic carbocycles.